The number of ether oxygens (including phenoxy) is 2. The Morgan fingerprint density at radius 1 is 1.19 bits per heavy atom. The number of esters is 1. The molecule has 5 nitrogen and oxygen atoms in total. The standard InChI is InChI=1S/C15H15ClN2O3/c1-20-11-5-3-10(4-6-11)9-17-14-12(15(19)21-2)7-8-13(16)18-14/h3-8H,9H2,1-2H3,(H,17,18). The maximum absolute atomic E-state index is 11.7. The molecule has 1 heterocycles. The summed E-state index contributed by atoms with van der Waals surface area (Å²) < 4.78 is 9.82. The minimum absolute atomic E-state index is 0.305. The molecule has 0 fully saturated rings. The summed E-state index contributed by atoms with van der Waals surface area (Å²) >= 11 is 5.87. The average Bonchev–Trinajstić information content (AvgIpc) is 2.52. The number of methoxy groups -OCH3 is 2. The van der Waals surface area contributed by atoms with E-state index in [0.717, 1.165) is 11.3 Å². The van der Waals surface area contributed by atoms with Gasteiger partial charge in [-0.15, -0.1) is 0 Å². The second-order valence-corrected chi connectivity index (χ2v) is 4.61. The van der Waals surface area contributed by atoms with Crippen LogP contribution in [0.5, 0.6) is 5.75 Å². The third-order valence-electron chi connectivity index (χ3n) is 2.89. The summed E-state index contributed by atoms with van der Waals surface area (Å²) in [4.78, 5) is 15.8. The third-order valence-corrected chi connectivity index (χ3v) is 3.10. The maximum Gasteiger partial charge on any atom is 0.341 e. The van der Waals surface area contributed by atoms with Crippen LogP contribution in [-0.2, 0) is 11.3 Å². The maximum atomic E-state index is 11.7. The van der Waals surface area contributed by atoms with Gasteiger partial charge in [-0.2, -0.15) is 0 Å². The number of rotatable bonds is 5. The van der Waals surface area contributed by atoms with Gasteiger partial charge in [0.15, 0.2) is 0 Å². The molecule has 0 bridgehead atoms. The molecule has 110 valence electrons. The van der Waals surface area contributed by atoms with Gasteiger partial charge in [-0.25, -0.2) is 9.78 Å². The highest BCUT2D eigenvalue weighted by atomic mass is 35.5. The fourth-order valence-electron chi connectivity index (χ4n) is 1.77. The second kappa shape index (κ2) is 6.95. The van der Waals surface area contributed by atoms with Gasteiger partial charge in [0.2, 0.25) is 0 Å². The van der Waals surface area contributed by atoms with Gasteiger partial charge in [-0.05, 0) is 29.8 Å². The van der Waals surface area contributed by atoms with Crippen molar-refractivity contribution in [1.82, 2.24) is 4.98 Å². The smallest absolute Gasteiger partial charge is 0.341 e. The molecule has 0 saturated carbocycles. The fraction of sp³-hybridized carbons (Fsp3) is 0.200. The van der Waals surface area contributed by atoms with Crippen molar-refractivity contribution in [1.29, 1.82) is 0 Å². The topological polar surface area (TPSA) is 60.5 Å². The summed E-state index contributed by atoms with van der Waals surface area (Å²) in [6.07, 6.45) is 0. The summed E-state index contributed by atoms with van der Waals surface area (Å²) in [5, 5.41) is 3.39. The first-order chi connectivity index (χ1) is 10.1. The molecule has 1 aromatic heterocycles. The molecule has 6 heteroatoms. The second-order valence-electron chi connectivity index (χ2n) is 4.22. The summed E-state index contributed by atoms with van der Waals surface area (Å²) in [6, 6.07) is 10.7. The minimum atomic E-state index is -0.462. The molecule has 0 atom stereocenters. The molecular formula is C15H15ClN2O3. The Morgan fingerprint density at radius 2 is 1.90 bits per heavy atom. The van der Waals surface area contributed by atoms with Crippen LogP contribution in [0.15, 0.2) is 36.4 Å². The first-order valence-electron chi connectivity index (χ1n) is 6.25. The number of nitrogens with zero attached hydrogens (tertiary/aromatic N) is 1. The molecule has 0 amide bonds. The lowest BCUT2D eigenvalue weighted by molar-refractivity contribution is 0.0601. The van der Waals surface area contributed by atoms with Crippen molar-refractivity contribution >= 4 is 23.4 Å². The summed E-state index contributed by atoms with van der Waals surface area (Å²) in [5.74, 6) is 0.719. The summed E-state index contributed by atoms with van der Waals surface area (Å²) in [6.45, 7) is 0.501. The van der Waals surface area contributed by atoms with E-state index >= 15 is 0 Å². The number of carbonyl (C=O) groups excluding carboxylic acids is 1. The largest absolute Gasteiger partial charge is 0.497 e. The third kappa shape index (κ3) is 3.86. The highest BCUT2D eigenvalue weighted by Crippen LogP contribution is 2.19. The highest BCUT2D eigenvalue weighted by molar-refractivity contribution is 6.29. The number of hydrogen-bond acceptors (Lipinski definition) is 5. The van der Waals surface area contributed by atoms with E-state index in [4.69, 9.17) is 21.1 Å². The zero-order valence-corrected chi connectivity index (χ0v) is 12.5. The van der Waals surface area contributed by atoms with Gasteiger partial charge in [0.1, 0.15) is 22.3 Å². The summed E-state index contributed by atoms with van der Waals surface area (Å²) in [7, 11) is 2.94. The monoisotopic (exact) mass is 306 g/mol. The van der Waals surface area contributed by atoms with Gasteiger partial charge in [0.25, 0.3) is 0 Å². The number of pyridine rings is 1. The van der Waals surface area contributed by atoms with Crippen molar-refractivity contribution in [2.45, 2.75) is 6.54 Å². The fourth-order valence-corrected chi connectivity index (χ4v) is 1.92. The highest BCUT2D eigenvalue weighted by Gasteiger charge is 2.13. The Bertz CT molecular complexity index is 629. The first kappa shape index (κ1) is 15.1. The molecule has 2 rings (SSSR count). The van der Waals surface area contributed by atoms with Crippen LogP contribution in [0.2, 0.25) is 5.15 Å². The van der Waals surface area contributed by atoms with E-state index in [-0.39, 0.29) is 0 Å². The van der Waals surface area contributed by atoms with Crippen molar-refractivity contribution in [2.75, 3.05) is 19.5 Å². The van der Waals surface area contributed by atoms with E-state index in [1.54, 1.807) is 19.2 Å². The normalized spacial score (nSPS) is 10.0. The Balaban J connectivity index is 2.14. The van der Waals surface area contributed by atoms with Crippen molar-refractivity contribution in [2.24, 2.45) is 0 Å². The lowest BCUT2D eigenvalue weighted by Crippen LogP contribution is -2.10. The van der Waals surface area contributed by atoms with E-state index in [0.29, 0.717) is 23.1 Å². The molecule has 2 aromatic rings. The van der Waals surface area contributed by atoms with Crippen molar-refractivity contribution < 1.29 is 14.3 Å². The van der Waals surface area contributed by atoms with Crippen LogP contribution in [-0.4, -0.2) is 25.2 Å². The van der Waals surface area contributed by atoms with Crippen LogP contribution in [0.3, 0.4) is 0 Å². The van der Waals surface area contributed by atoms with Crippen LogP contribution in [0.1, 0.15) is 15.9 Å². The quantitative estimate of drug-likeness (QED) is 0.679. The predicted molar refractivity (Wildman–Crippen MR) is 80.9 cm³/mol. The van der Waals surface area contributed by atoms with E-state index in [9.17, 15) is 4.79 Å². The lowest BCUT2D eigenvalue weighted by Gasteiger charge is -2.10. The van der Waals surface area contributed by atoms with Gasteiger partial charge in [-0.1, -0.05) is 23.7 Å². The van der Waals surface area contributed by atoms with E-state index in [1.807, 2.05) is 24.3 Å². The zero-order valence-electron chi connectivity index (χ0n) is 11.7. The molecular weight excluding hydrogens is 292 g/mol. The van der Waals surface area contributed by atoms with Crippen molar-refractivity contribution in [3.8, 4) is 5.75 Å². The van der Waals surface area contributed by atoms with Crippen LogP contribution in [0.25, 0.3) is 0 Å². The van der Waals surface area contributed by atoms with Gasteiger partial charge in [0, 0.05) is 6.54 Å². The molecule has 0 radical (unpaired) electrons. The van der Waals surface area contributed by atoms with E-state index in [2.05, 4.69) is 10.3 Å². The molecule has 0 aliphatic rings. The van der Waals surface area contributed by atoms with Crippen LogP contribution in [0, 0.1) is 0 Å². The number of hydrogen-bond donors (Lipinski definition) is 1. The Morgan fingerprint density at radius 3 is 2.52 bits per heavy atom. The van der Waals surface area contributed by atoms with E-state index < -0.39 is 5.97 Å². The Hall–Kier alpha value is -2.27. The molecule has 0 unspecified atom stereocenters. The molecule has 1 aromatic carbocycles. The molecule has 21 heavy (non-hydrogen) atoms. The van der Waals surface area contributed by atoms with Gasteiger partial charge in [0.05, 0.1) is 14.2 Å². The number of benzene rings is 1. The minimum Gasteiger partial charge on any atom is -0.497 e. The predicted octanol–water partition coefficient (Wildman–Crippen LogP) is 3.14. The molecule has 0 saturated heterocycles. The number of halogens is 1. The van der Waals surface area contributed by atoms with Crippen LogP contribution in [0.4, 0.5) is 5.82 Å². The number of nitrogens with one attached hydrogen (secondary N) is 1. The van der Waals surface area contributed by atoms with Crippen molar-refractivity contribution in [3.05, 3.63) is 52.7 Å². The summed E-state index contributed by atoms with van der Waals surface area (Å²) in [5.41, 5.74) is 1.36. The Kier molecular flexibility index (Phi) is 5.00. The number of anilines is 1. The average molecular weight is 307 g/mol. The lowest BCUT2D eigenvalue weighted by atomic mass is 10.2. The van der Waals surface area contributed by atoms with Crippen molar-refractivity contribution in [3.63, 3.8) is 0 Å². The van der Waals surface area contributed by atoms with Gasteiger partial charge < -0.3 is 14.8 Å². The molecule has 0 spiro atoms. The Labute approximate surface area is 127 Å². The van der Waals surface area contributed by atoms with Gasteiger partial charge >= 0.3 is 5.97 Å². The SMILES string of the molecule is COC(=O)c1ccc(Cl)nc1NCc1ccc(OC)cc1. The van der Waals surface area contributed by atoms with Gasteiger partial charge in [-0.3, -0.25) is 0 Å². The first-order valence-corrected chi connectivity index (χ1v) is 6.63. The molecule has 0 aliphatic heterocycles. The number of carbonyl (C=O) groups is 1. The molecule has 0 aliphatic carbocycles. The zero-order chi connectivity index (χ0) is 15.2. The van der Waals surface area contributed by atoms with Crippen LogP contribution < -0.4 is 10.1 Å². The molecule has 1 N–H and O–H groups in total. The van der Waals surface area contributed by atoms with E-state index in [1.165, 1.54) is 7.11 Å². The van der Waals surface area contributed by atoms with Crippen LogP contribution >= 0.6 is 11.6 Å². The number of aromatic nitrogens is 1.